The lowest BCUT2D eigenvalue weighted by atomic mass is 9.76. The van der Waals surface area contributed by atoms with Crippen molar-refractivity contribution in [1.82, 2.24) is 9.21 Å². The van der Waals surface area contributed by atoms with Crippen molar-refractivity contribution in [3.8, 4) is 0 Å². The van der Waals surface area contributed by atoms with Gasteiger partial charge in [0.05, 0.1) is 10.3 Å². The van der Waals surface area contributed by atoms with Crippen molar-refractivity contribution in [2.75, 3.05) is 57.0 Å². The molecule has 3 heterocycles. The molecule has 0 saturated carbocycles. The van der Waals surface area contributed by atoms with E-state index in [1.165, 1.54) is 0 Å². The Labute approximate surface area is 181 Å². The van der Waals surface area contributed by atoms with Crippen LogP contribution in [0.1, 0.15) is 25.7 Å². The summed E-state index contributed by atoms with van der Waals surface area (Å²) in [4.78, 5) is 27.7. The Balaban J connectivity index is 1.22. The summed E-state index contributed by atoms with van der Waals surface area (Å²) in [6.45, 7) is 6.57. The zero-order valence-corrected chi connectivity index (χ0v) is 18.3. The fourth-order valence-electron chi connectivity index (χ4n) is 4.84. The summed E-state index contributed by atoms with van der Waals surface area (Å²) >= 11 is 1.76. The number of rotatable bonds is 6. The number of carbonyl (C=O) groups is 1. The number of cyclic esters (lactones) is 1. The van der Waals surface area contributed by atoms with Crippen molar-refractivity contribution < 1.29 is 14.5 Å². The first-order chi connectivity index (χ1) is 14.5. The van der Waals surface area contributed by atoms with Gasteiger partial charge in [-0.2, -0.15) is 0 Å². The molecular weight excluding hydrogens is 404 g/mol. The fraction of sp³-hybridized carbons (Fsp3) is 0.667. The zero-order valence-electron chi connectivity index (χ0n) is 17.5. The van der Waals surface area contributed by atoms with Crippen LogP contribution in [0.25, 0.3) is 0 Å². The third kappa shape index (κ3) is 4.58. The summed E-state index contributed by atoms with van der Waals surface area (Å²) in [5.41, 5.74) is 0.912. The summed E-state index contributed by atoms with van der Waals surface area (Å²) in [5.74, 6) is 0.0243. The molecule has 0 radical (unpaired) electrons. The van der Waals surface area contributed by atoms with Gasteiger partial charge in [-0.25, -0.2) is 0 Å². The second-order valence-corrected chi connectivity index (χ2v) is 9.40. The highest BCUT2D eigenvalue weighted by Crippen LogP contribution is 2.44. The molecule has 1 unspecified atom stereocenters. The molecule has 3 fully saturated rings. The van der Waals surface area contributed by atoms with Gasteiger partial charge in [0, 0.05) is 70.1 Å². The number of hydrogen-bond donors (Lipinski definition) is 0. The maximum atomic E-state index is 12.6. The lowest BCUT2D eigenvalue weighted by Crippen LogP contribution is -2.47. The molecule has 1 spiro atoms. The molecule has 4 rings (SSSR count). The summed E-state index contributed by atoms with van der Waals surface area (Å²) < 4.78 is 8.11. The van der Waals surface area contributed by atoms with Gasteiger partial charge in [0.2, 0.25) is 0 Å². The summed E-state index contributed by atoms with van der Waals surface area (Å²) in [6, 6.07) is 6.78. The minimum absolute atomic E-state index is 0.0243. The quantitative estimate of drug-likeness (QED) is 0.293. The van der Waals surface area contributed by atoms with E-state index in [4.69, 9.17) is 4.74 Å². The Morgan fingerprint density at radius 3 is 2.40 bits per heavy atom. The second kappa shape index (κ2) is 9.11. The minimum atomic E-state index is -0.367. The topological polar surface area (TPSA) is 79.2 Å². The number of hydrogen-bond acceptors (Lipinski definition) is 8. The van der Waals surface area contributed by atoms with Gasteiger partial charge in [-0.15, -0.1) is 0 Å². The third-order valence-corrected chi connectivity index (χ3v) is 7.71. The molecule has 1 aromatic carbocycles. The molecule has 3 aliphatic rings. The van der Waals surface area contributed by atoms with Crippen molar-refractivity contribution in [2.24, 2.45) is 5.41 Å². The van der Waals surface area contributed by atoms with Crippen molar-refractivity contribution in [2.45, 2.75) is 31.8 Å². The number of piperidine rings is 1. The van der Waals surface area contributed by atoms with Gasteiger partial charge in [-0.05, 0) is 37.7 Å². The zero-order chi connectivity index (χ0) is 21.1. The standard InChI is InChI=1S/C21H30N4O4S/c1-30-24-10-7-21(8-11-24)16-19(29-20(21)26)6-9-22-12-14-23(15-13-22)17-2-4-18(5-3-17)25(27)28/h2-5,19H,6-16H2,1H3. The maximum absolute atomic E-state index is 12.6. The molecule has 0 aliphatic carbocycles. The van der Waals surface area contributed by atoms with E-state index >= 15 is 0 Å². The number of nitro benzene ring substituents is 1. The molecule has 0 aromatic heterocycles. The number of carbonyl (C=O) groups excluding carboxylic acids is 1. The fourth-order valence-corrected chi connectivity index (χ4v) is 5.39. The molecule has 164 valence electrons. The summed E-state index contributed by atoms with van der Waals surface area (Å²) in [7, 11) is 0. The molecule has 1 aromatic rings. The van der Waals surface area contributed by atoms with Gasteiger partial charge in [0.15, 0.2) is 0 Å². The maximum Gasteiger partial charge on any atom is 0.312 e. The van der Waals surface area contributed by atoms with Crippen LogP contribution in [-0.2, 0) is 9.53 Å². The minimum Gasteiger partial charge on any atom is -0.462 e. The van der Waals surface area contributed by atoms with Gasteiger partial charge in [0.1, 0.15) is 6.10 Å². The number of piperazine rings is 1. The first-order valence-corrected chi connectivity index (χ1v) is 11.9. The van der Waals surface area contributed by atoms with Gasteiger partial charge in [-0.3, -0.25) is 24.1 Å². The first kappa shape index (κ1) is 21.4. The number of anilines is 1. The summed E-state index contributed by atoms with van der Waals surface area (Å²) in [6.07, 6.45) is 5.74. The van der Waals surface area contributed by atoms with Crippen molar-refractivity contribution in [1.29, 1.82) is 0 Å². The van der Waals surface area contributed by atoms with Crippen LogP contribution in [0.4, 0.5) is 11.4 Å². The number of nitro groups is 1. The highest BCUT2D eigenvalue weighted by molar-refractivity contribution is 7.96. The van der Waals surface area contributed by atoms with Gasteiger partial charge in [-0.1, -0.05) is 11.9 Å². The lowest BCUT2D eigenvalue weighted by Gasteiger charge is -2.36. The Bertz CT molecular complexity index is 759. The normalized spacial score (nSPS) is 24.9. The molecule has 1 atom stereocenters. The number of nitrogens with zero attached hydrogens (tertiary/aromatic N) is 4. The van der Waals surface area contributed by atoms with Gasteiger partial charge < -0.3 is 9.64 Å². The van der Waals surface area contributed by atoms with Crippen LogP contribution in [0.2, 0.25) is 0 Å². The van der Waals surface area contributed by atoms with E-state index in [9.17, 15) is 14.9 Å². The first-order valence-electron chi connectivity index (χ1n) is 10.7. The Morgan fingerprint density at radius 1 is 1.13 bits per heavy atom. The third-order valence-electron chi connectivity index (χ3n) is 6.83. The Kier molecular flexibility index (Phi) is 6.50. The molecule has 0 bridgehead atoms. The van der Waals surface area contributed by atoms with Crippen molar-refractivity contribution in [3.05, 3.63) is 34.4 Å². The van der Waals surface area contributed by atoms with Crippen LogP contribution >= 0.6 is 11.9 Å². The van der Waals surface area contributed by atoms with Crippen LogP contribution in [-0.4, -0.2) is 78.3 Å². The van der Waals surface area contributed by atoms with E-state index in [0.717, 1.165) is 77.2 Å². The van der Waals surface area contributed by atoms with E-state index < -0.39 is 0 Å². The second-order valence-electron chi connectivity index (χ2n) is 8.51. The van der Waals surface area contributed by atoms with Gasteiger partial charge >= 0.3 is 5.97 Å². The molecular formula is C21H30N4O4S. The number of ether oxygens (including phenoxy) is 1. The molecule has 3 saturated heterocycles. The number of non-ortho nitro benzene ring substituents is 1. The molecule has 0 amide bonds. The number of esters is 1. The number of benzene rings is 1. The van der Waals surface area contributed by atoms with E-state index in [1.807, 2.05) is 12.1 Å². The predicted octanol–water partition coefficient (Wildman–Crippen LogP) is 2.78. The van der Waals surface area contributed by atoms with Crippen LogP contribution in [0.15, 0.2) is 24.3 Å². The molecule has 9 heteroatoms. The highest BCUT2D eigenvalue weighted by Gasteiger charge is 2.50. The Hall–Kier alpha value is -1.84. The largest absolute Gasteiger partial charge is 0.462 e. The smallest absolute Gasteiger partial charge is 0.312 e. The summed E-state index contributed by atoms with van der Waals surface area (Å²) in [5, 5.41) is 10.8. The average molecular weight is 435 g/mol. The molecule has 8 nitrogen and oxygen atoms in total. The van der Waals surface area contributed by atoms with E-state index in [1.54, 1.807) is 24.1 Å². The molecule has 0 N–H and O–H groups in total. The van der Waals surface area contributed by atoms with Crippen LogP contribution in [0.3, 0.4) is 0 Å². The van der Waals surface area contributed by atoms with Crippen LogP contribution in [0.5, 0.6) is 0 Å². The monoisotopic (exact) mass is 434 g/mol. The average Bonchev–Trinajstić information content (AvgIpc) is 3.08. The predicted molar refractivity (Wildman–Crippen MR) is 118 cm³/mol. The SMILES string of the molecule is CSN1CCC2(CC1)CC(CCN1CCN(c3ccc([N+](=O)[O-])cc3)CC1)OC2=O. The molecule has 30 heavy (non-hydrogen) atoms. The van der Waals surface area contributed by atoms with Crippen LogP contribution < -0.4 is 4.90 Å². The highest BCUT2D eigenvalue weighted by atomic mass is 32.2. The van der Waals surface area contributed by atoms with Crippen LogP contribution in [0, 0.1) is 15.5 Å². The van der Waals surface area contributed by atoms with Crippen molar-refractivity contribution >= 4 is 29.3 Å². The van der Waals surface area contributed by atoms with Gasteiger partial charge in [0.25, 0.3) is 5.69 Å². The lowest BCUT2D eigenvalue weighted by molar-refractivity contribution is -0.384. The van der Waals surface area contributed by atoms with E-state index in [2.05, 4.69) is 20.4 Å². The molecule has 3 aliphatic heterocycles. The van der Waals surface area contributed by atoms with E-state index in [-0.39, 0.29) is 28.1 Å². The van der Waals surface area contributed by atoms with E-state index in [0.29, 0.717) is 0 Å². The van der Waals surface area contributed by atoms with Crippen molar-refractivity contribution in [3.63, 3.8) is 0 Å². The Morgan fingerprint density at radius 2 is 1.80 bits per heavy atom.